The summed E-state index contributed by atoms with van der Waals surface area (Å²) < 4.78 is 3.70. The molecule has 0 unspecified atom stereocenters. The van der Waals surface area contributed by atoms with Crippen LogP contribution in [0.5, 0.6) is 0 Å². The van der Waals surface area contributed by atoms with Crippen LogP contribution in [0.2, 0.25) is 0 Å². The van der Waals surface area contributed by atoms with E-state index in [-0.39, 0.29) is 12.3 Å². The Balaban J connectivity index is 2.00. The number of hydrogen-bond acceptors (Lipinski definition) is 3. The molecule has 0 bridgehead atoms. The average Bonchev–Trinajstić information content (AvgIpc) is 3.05. The van der Waals surface area contributed by atoms with Crippen molar-refractivity contribution in [3.05, 3.63) is 35.3 Å². The summed E-state index contributed by atoms with van der Waals surface area (Å²) in [6.07, 6.45) is 3.92. The maximum absolute atomic E-state index is 12.5. The fourth-order valence-electron chi connectivity index (χ4n) is 2.73. The number of carbonyl (C=O) groups excluding carboxylic acids is 1. The topological polar surface area (TPSA) is 89.2 Å². The minimum atomic E-state index is -0.781. The summed E-state index contributed by atoms with van der Waals surface area (Å²) in [6.45, 7) is 4.50. The van der Waals surface area contributed by atoms with Crippen LogP contribution in [0, 0.1) is 13.8 Å². The smallest absolute Gasteiger partial charge is 0.303 e. The van der Waals surface area contributed by atoms with Crippen LogP contribution in [0.15, 0.2) is 18.3 Å². The van der Waals surface area contributed by atoms with E-state index in [0.29, 0.717) is 18.5 Å². The number of aliphatic carboxylic acids is 1. The van der Waals surface area contributed by atoms with Crippen molar-refractivity contribution >= 4 is 11.9 Å². The first-order valence-corrected chi connectivity index (χ1v) is 8.09. The molecule has 130 valence electrons. The Morgan fingerprint density at radius 3 is 2.46 bits per heavy atom. The summed E-state index contributed by atoms with van der Waals surface area (Å²) >= 11 is 0. The van der Waals surface area contributed by atoms with Gasteiger partial charge >= 0.3 is 5.97 Å². The maximum atomic E-state index is 12.5. The van der Waals surface area contributed by atoms with Crippen LogP contribution >= 0.6 is 0 Å². The van der Waals surface area contributed by atoms with Gasteiger partial charge in [0.1, 0.15) is 11.4 Å². The first-order chi connectivity index (χ1) is 11.4. The van der Waals surface area contributed by atoms with E-state index in [1.54, 1.807) is 10.9 Å². The third-order valence-electron chi connectivity index (χ3n) is 3.99. The second-order valence-corrected chi connectivity index (χ2v) is 5.92. The lowest BCUT2D eigenvalue weighted by molar-refractivity contribution is -0.137. The average molecular weight is 332 g/mol. The minimum Gasteiger partial charge on any atom is -0.481 e. The Morgan fingerprint density at radius 1 is 1.17 bits per heavy atom. The molecule has 2 heterocycles. The monoisotopic (exact) mass is 332 g/mol. The van der Waals surface area contributed by atoms with E-state index in [2.05, 4.69) is 10.4 Å². The lowest BCUT2D eigenvalue weighted by Gasteiger charge is -2.12. The normalized spacial score (nSPS) is 10.8. The Labute approximate surface area is 141 Å². The van der Waals surface area contributed by atoms with E-state index < -0.39 is 5.97 Å². The number of rotatable bonds is 8. The number of unbranched alkanes of at least 4 members (excludes halogenated alkanes) is 2. The van der Waals surface area contributed by atoms with Crippen molar-refractivity contribution < 1.29 is 14.7 Å². The first kappa shape index (κ1) is 17.8. The summed E-state index contributed by atoms with van der Waals surface area (Å²) in [6, 6.07) is 4.01. The van der Waals surface area contributed by atoms with Crippen molar-refractivity contribution in [3.63, 3.8) is 0 Å². The van der Waals surface area contributed by atoms with E-state index in [1.807, 2.05) is 37.6 Å². The third-order valence-corrected chi connectivity index (χ3v) is 3.99. The lowest BCUT2D eigenvalue weighted by atomic mass is 10.2. The van der Waals surface area contributed by atoms with Gasteiger partial charge in [0, 0.05) is 31.4 Å². The molecule has 0 atom stereocenters. The van der Waals surface area contributed by atoms with Crippen molar-refractivity contribution in [1.82, 2.24) is 19.7 Å². The molecule has 0 fully saturated rings. The molecule has 7 heteroatoms. The Bertz CT molecular complexity index is 711. The number of hydrogen-bond donors (Lipinski definition) is 2. The van der Waals surface area contributed by atoms with Crippen LogP contribution in [0.25, 0.3) is 5.82 Å². The van der Waals surface area contributed by atoms with E-state index in [4.69, 9.17) is 5.11 Å². The molecule has 0 aliphatic rings. The van der Waals surface area contributed by atoms with Gasteiger partial charge in [0.25, 0.3) is 5.91 Å². The molecule has 2 N–H and O–H groups in total. The van der Waals surface area contributed by atoms with Crippen molar-refractivity contribution in [2.24, 2.45) is 7.05 Å². The number of carboxylic acids is 1. The Hall–Kier alpha value is -2.57. The number of carboxylic acid groups (broad SMARTS) is 1. The highest BCUT2D eigenvalue weighted by atomic mass is 16.4. The van der Waals surface area contributed by atoms with Gasteiger partial charge in [0.15, 0.2) is 0 Å². The fraction of sp³-hybridized carbons (Fsp3) is 0.471. The molecule has 0 aromatic carbocycles. The van der Waals surface area contributed by atoms with Crippen LogP contribution in [-0.2, 0) is 11.8 Å². The van der Waals surface area contributed by atoms with Crippen LogP contribution in [0.4, 0.5) is 0 Å². The molecular weight excluding hydrogens is 308 g/mol. The van der Waals surface area contributed by atoms with Gasteiger partial charge in [-0.05, 0) is 38.8 Å². The van der Waals surface area contributed by atoms with Crippen molar-refractivity contribution in [3.8, 4) is 5.82 Å². The van der Waals surface area contributed by atoms with E-state index in [0.717, 1.165) is 30.0 Å². The standard InChI is InChI=1S/C17H24N4O3/c1-12-8-9-13(2)21(12)17-14(11-19-20(17)3)16(24)18-10-6-4-5-7-15(22)23/h8-9,11H,4-7,10H2,1-3H3,(H,18,24)(H,22,23). The quantitative estimate of drug-likeness (QED) is 0.725. The molecule has 0 saturated heterocycles. The van der Waals surface area contributed by atoms with Gasteiger partial charge in [0.05, 0.1) is 6.20 Å². The Kier molecular flexibility index (Phi) is 5.78. The molecular formula is C17H24N4O3. The fourth-order valence-corrected chi connectivity index (χ4v) is 2.73. The molecule has 0 saturated carbocycles. The van der Waals surface area contributed by atoms with E-state index in [1.165, 1.54) is 0 Å². The Morgan fingerprint density at radius 2 is 1.83 bits per heavy atom. The molecule has 2 aromatic heterocycles. The van der Waals surface area contributed by atoms with Gasteiger partial charge in [-0.15, -0.1) is 0 Å². The highest BCUT2D eigenvalue weighted by molar-refractivity contribution is 5.97. The predicted molar refractivity (Wildman–Crippen MR) is 90.4 cm³/mol. The summed E-state index contributed by atoms with van der Waals surface area (Å²) in [4.78, 5) is 22.9. The van der Waals surface area contributed by atoms with Gasteiger partial charge in [-0.25, -0.2) is 0 Å². The maximum Gasteiger partial charge on any atom is 0.303 e. The number of carbonyl (C=O) groups is 2. The molecule has 0 aliphatic carbocycles. The highest BCUT2D eigenvalue weighted by Gasteiger charge is 2.19. The van der Waals surface area contributed by atoms with Gasteiger partial charge in [-0.1, -0.05) is 6.42 Å². The summed E-state index contributed by atoms with van der Waals surface area (Å²) in [5, 5.41) is 15.7. The highest BCUT2D eigenvalue weighted by Crippen LogP contribution is 2.19. The molecule has 0 aliphatic heterocycles. The largest absolute Gasteiger partial charge is 0.481 e. The van der Waals surface area contributed by atoms with Crippen LogP contribution in [0.3, 0.4) is 0 Å². The number of nitrogens with zero attached hydrogens (tertiary/aromatic N) is 3. The molecule has 1 amide bonds. The van der Waals surface area contributed by atoms with Crippen molar-refractivity contribution in [1.29, 1.82) is 0 Å². The number of amides is 1. The summed E-state index contributed by atoms with van der Waals surface area (Å²) in [5.41, 5.74) is 2.61. The van der Waals surface area contributed by atoms with Gasteiger partial charge in [-0.3, -0.25) is 14.3 Å². The zero-order valence-electron chi connectivity index (χ0n) is 14.4. The first-order valence-electron chi connectivity index (χ1n) is 8.09. The summed E-state index contributed by atoms with van der Waals surface area (Å²) in [5.74, 6) is -0.196. The second kappa shape index (κ2) is 7.81. The number of aromatic nitrogens is 3. The van der Waals surface area contributed by atoms with Crippen LogP contribution < -0.4 is 5.32 Å². The van der Waals surface area contributed by atoms with E-state index in [9.17, 15) is 9.59 Å². The molecule has 24 heavy (non-hydrogen) atoms. The van der Waals surface area contributed by atoms with Crippen molar-refractivity contribution in [2.45, 2.75) is 39.5 Å². The van der Waals surface area contributed by atoms with E-state index >= 15 is 0 Å². The molecule has 7 nitrogen and oxygen atoms in total. The molecule has 0 spiro atoms. The molecule has 2 aromatic rings. The third kappa shape index (κ3) is 4.04. The predicted octanol–water partition coefficient (Wildman–Crippen LogP) is 2.20. The summed E-state index contributed by atoms with van der Waals surface area (Å²) in [7, 11) is 1.82. The zero-order chi connectivity index (χ0) is 17.7. The number of aryl methyl sites for hydroxylation is 3. The number of nitrogens with one attached hydrogen (secondary N) is 1. The van der Waals surface area contributed by atoms with Crippen LogP contribution in [-0.4, -0.2) is 37.9 Å². The van der Waals surface area contributed by atoms with Gasteiger partial charge in [-0.2, -0.15) is 5.10 Å². The van der Waals surface area contributed by atoms with Gasteiger partial charge in [0.2, 0.25) is 0 Å². The minimum absolute atomic E-state index is 0.163. The lowest BCUT2D eigenvalue weighted by Crippen LogP contribution is -2.25. The van der Waals surface area contributed by atoms with Gasteiger partial charge < -0.3 is 15.0 Å². The SMILES string of the molecule is Cc1ccc(C)n1-c1c(C(=O)NCCCCCC(=O)O)cnn1C. The molecule has 0 radical (unpaired) electrons. The molecule has 2 rings (SSSR count). The zero-order valence-corrected chi connectivity index (χ0v) is 14.4. The van der Waals surface area contributed by atoms with Crippen molar-refractivity contribution in [2.75, 3.05) is 6.54 Å². The second-order valence-electron chi connectivity index (χ2n) is 5.92. The van der Waals surface area contributed by atoms with Crippen LogP contribution in [0.1, 0.15) is 47.4 Å².